The van der Waals surface area contributed by atoms with Gasteiger partial charge in [-0.1, -0.05) is 59.8 Å². The Kier molecular flexibility index (Phi) is 12.6. The molecule has 2 aromatic carbocycles. The number of aliphatic carboxylic acids is 1. The van der Waals surface area contributed by atoms with Crippen LogP contribution in [0.5, 0.6) is 5.75 Å². The first-order valence-corrected chi connectivity index (χ1v) is 10.5. The number of carboxylic acid groups (broad SMARTS) is 1. The molecule has 0 bridgehead atoms. The second-order valence-electron chi connectivity index (χ2n) is 7.67. The van der Waals surface area contributed by atoms with E-state index >= 15 is 0 Å². The number of urea groups is 1. The van der Waals surface area contributed by atoms with Gasteiger partial charge in [0.2, 0.25) is 0 Å². The molecule has 3 aromatic rings. The molecule has 2 N–H and O–H groups in total. The molecule has 0 fully saturated rings. The number of carbonyl (C=O) groups excluding carboxylic acids is 2. The van der Waals surface area contributed by atoms with Gasteiger partial charge in [0.25, 0.3) is 5.56 Å². The smallest absolute Gasteiger partial charge is 0.871 e. The van der Waals surface area contributed by atoms with E-state index in [4.69, 9.17) is 11.6 Å². The third-order valence-electron chi connectivity index (χ3n) is 5.16. The predicted octanol–water partition coefficient (Wildman–Crippen LogP) is -3.98. The maximum absolute atomic E-state index is 12.5. The molecule has 0 saturated heterocycles. The van der Waals surface area contributed by atoms with Gasteiger partial charge in [-0.3, -0.25) is 4.79 Å². The first-order valence-electron chi connectivity index (χ1n) is 10.1. The fraction of sp³-hybridized carbons (Fsp3) is 0.208. The number of benzene rings is 2. The quantitative estimate of drug-likeness (QED) is 0.312. The van der Waals surface area contributed by atoms with Crippen LogP contribution in [0.15, 0.2) is 59.5 Å². The van der Waals surface area contributed by atoms with Crippen molar-refractivity contribution in [1.82, 2.24) is 9.88 Å². The van der Waals surface area contributed by atoms with E-state index in [-0.39, 0.29) is 64.7 Å². The Bertz CT molecular complexity index is 1250. The Balaban J connectivity index is 0.00000306. The molecule has 1 aromatic heterocycles. The number of pyridine rings is 1. The summed E-state index contributed by atoms with van der Waals surface area (Å²) < 4.78 is 1.18. The summed E-state index contributed by atoms with van der Waals surface area (Å²) >= 11 is 6.21. The normalized spacial score (nSPS) is 10.9. The number of anilines is 1. The molecule has 0 saturated carbocycles. The van der Waals surface area contributed by atoms with E-state index < -0.39 is 41.5 Å². The molecule has 0 spiro atoms. The molecular formula is C24H22ClN3Na2O5. The molecule has 0 aliphatic heterocycles. The predicted molar refractivity (Wildman–Crippen MR) is 121 cm³/mol. The van der Waals surface area contributed by atoms with Gasteiger partial charge in [0, 0.05) is 30.7 Å². The van der Waals surface area contributed by atoms with E-state index in [0.717, 1.165) is 11.1 Å². The molecule has 0 aliphatic carbocycles. The summed E-state index contributed by atoms with van der Waals surface area (Å²) in [6.45, 7) is 1.52. The average molecular weight is 514 g/mol. The fourth-order valence-electron chi connectivity index (χ4n) is 3.44. The van der Waals surface area contributed by atoms with Gasteiger partial charge >= 0.3 is 65.1 Å². The number of nitrogens with zero attached hydrogens (tertiary/aromatic N) is 1. The van der Waals surface area contributed by atoms with E-state index in [1.807, 2.05) is 30.3 Å². The number of rotatable bonds is 7. The molecule has 0 aliphatic rings. The maximum Gasteiger partial charge on any atom is 1.00 e. The summed E-state index contributed by atoms with van der Waals surface area (Å²) in [5.74, 6) is -1.97. The molecule has 35 heavy (non-hydrogen) atoms. The zero-order valence-electron chi connectivity index (χ0n) is 20.1. The van der Waals surface area contributed by atoms with Crippen LogP contribution in [-0.2, 0) is 18.3 Å². The minimum atomic E-state index is -1.36. The molecule has 1 heterocycles. The van der Waals surface area contributed by atoms with Gasteiger partial charge in [0.15, 0.2) is 0 Å². The number of nitrogens with one attached hydrogen (secondary N) is 2. The van der Waals surface area contributed by atoms with Crippen LogP contribution in [0.1, 0.15) is 34.7 Å². The summed E-state index contributed by atoms with van der Waals surface area (Å²) in [4.78, 5) is 36.0. The zero-order valence-corrected chi connectivity index (χ0v) is 24.8. The van der Waals surface area contributed by atoms with Crippen molar-refractivity contribution in [2.24, 2.45) is 7.05 Å². The van der Waals surface area contributed by atoms with Crippen molar-refractivity contribution in [3.8, 4) is 5.75 Å². The Morgan fingerprint density at radius 2 is 1.71 bits per heavy atom. The zero-order chi connectivity index (χ0) is 24.1. The Morgan fingerprint density at radius 1 is 1.09 bits per heavy atom. The number of aromatic nitrogens is 1. The fourth-order valence-corrected chi connectivity index (χ4v) is 3.65. The van der Waals surface area contributed by atoms with Gasteiger partial charge in [0.05, 0.1) is 6.04 Å². The topological polar surface area (TPSA) is 126 Å². The van der Waals surface area contributed by atoms with Gasteiger partial charge < -0.3 is 30.2 Å². The molecule has 2 amide bonds. The summed E-state index contributed by atoms with van der Waals surface area (Å²) in [6.07, 6.45) is 1.46. The number of aryl methyl sites for hydroxylation is 2. The molecular weight excluding hydrogens is 492 g/mol. The summed E-state index contributed by atoms with van der Waals surface area (Å²) in [6, 6.07) is 12.7. The van der Waals surface area contributed by atoms with Crippen molar-refractivity contribution in [2.45, 2.75) is 25.8 Å². The second kappa shape index (κ2) is 14.1. The Labute approximate surface area is 252 Å². The van der Waals surface area contributed by atoms with Crippen molar-refractivity contribution >= 4 is 29.3 Å². The molecule has 1 atom stereocenters. The maximum atomic E-state index is 12.5. The molecule has 0 radical (unpaired) electrons. The minimum Gasteiger partial charge on any atom is -0.871 e. The standard InChI is InChI=1S/C24H24ClN3O5.2Na/c1-14-13-28(2)23(32)21(22(14)31)27-24(33)26-19(12-20(29)30)16-9-7-15(8-10-16)11-17-5-3-4-6-18(17)25;;/h3-10,13,19,31H,11-12H2,1-2H3,(H,29,30)(H2,26,27,33);;/q;2*+1/p-2. The minimum absolute atomic E-state index is 0. The second-order valence-corrected chi connectivity index (χ2v) is 8.08. The van der Waals surface area contributed by atoms with E-state index in [0.29, 0.717) is 17.0 Å². The monoisotopic (exact) mass is 513 g/mol. The Hall–Kier alpha value is -1.78. The molecule has 1 unspecified atom stereocenters. The van der Waals surface area contributed by atoms with Gasteiger partial charge in [-0.25, -0.2) is 4.79 Å². The number of hydrogen-bond donors (Lipinski definition) is 2. The molecule has 172 valence electrons. The van der Waals surface area contributed by atoms with Crippen LogP contribution in [-0.4, -0.2) is 16.6 Å². The third-order valence-corrected chi connectivity index (χ3v) is 5.52. The first-order chi connectivity index (χ1) is 15.7. The number of halogens is 1. The third kappa shape index (κ3) is 8.39. The van der Waals surface area contributed by atoms with E-state index in [1.54, 1.807) is 18.2 Å². The SMILES string of the molecule is Cc1cn(C)c(=O)c(NC(=O)NC(CC(=O)[O-])c2ccc(Cc3ccccc3Cl)cc2)c1[O-].[Na+].[Na+]. The van der Waals surface area contributed by atoms with Crippen LogP contribution >= 0.6 is 11.6 Å². The van der Waals surface area contributed by atoms with Crippen molar-refractivity contribution in [3.05, 3.63) is 92.4 Å². The summed E-state index contributed by atoms with van der Waals surface area (Å²) in [7, 11) is 1.46. The summed E-state index contributed by atoms with van der Waals surface area (Å²) in [5, 5.41) is 28.9. The Morgan fingerprint density at radius 3 is 2.31 bits per heavy atom. The van der Waals surface area contributed by atoms with Crippen molar-refractivity contribution in [1.29, 1.82) is 0 Å². The van der Waals surface area contributed by atoms with Crippen molar-refractivity contribution < 1.29 is 78.9 Å². The van der Waals surface area contributed by atoms with Gasteiger partial charge in [0.1, 0.15) is 5.69 Å². The molecule has 3 rings (SSSR count). The van der Waals surface area contributed by atoms with Gasteiger partial charge in [-0.2, -0.15) is 0 Å². The van der Waals surface area contributed by atoms with Crippen molar-refractivity contribution in [3.63, 3.8) is 0 Å². The van der Waals surface area contributed by atoms with Gasteiger partial charge in [-0.15, -0.1) is 0 Å². The van der Waals surface area contributed by atoms with Crippen LogP contribution in [0, 0.1) is 6.92 Å². The number of amides is 2. The van der Waals surface area contributed by atoms with Crippen LogP contribution in [0.4, 0.5) is 10.5 Å². The van der Waals surface area contributed by atoms with Crippen LogP contribution in [0.25, 0.3) is 0 Å². The molecule has 11 heteroatoms. The van der Waals surface area contributed by atoms with Gasteiger partial charge in [-0.05, 0) is 41.7 Å². The molecule has 8 nitrogen and oxygen atoms in total. The van der Waals surface area contributed by atoms with Crippen LogP contribution < -0.4 is 85.5 Å². The summed E-state index contributed by atoms with van der Waals surface area (Å²) in [5.41, 5.74) is 1.63. The largest absolute Gasteiger partial charge is 1.00 e. The van der Waals surface area contributed by atoms with E-state index in [9.17, 15) is 24.6 Å². The average Bonchev–Trinajstić information content (AvgIpc) is 2.77. The van der Waals surface area contributed by atoms with E-state index in [1.165, 1.54) is 24.7 Å². The first kappa shape index (κ1) is 31.3. The number of hydrogen-bond acceptors (Lipinski definition) is 5. The van der Waals surface area contributed by atoms with Crippen LogP contribution in [0.2, 0.25) is 5.02 Å². The number of carbonyl (C=O) groups is 2. The number of carboxylic acids is 1. The van der Waals surface area contributed by atoms with E-state index in [2.05, 4.69) is 10.6 Å². The van der Waals surface area contributed by atoms with Crippen molar-refractivity contribution in [2.75, 3.05) is 5.32 Å². The van der Waals surface area contributed by atoms with Crippen LogP contribution in [0.3, 0.4) is 0 Å².